The van der Waals surface area contributed by atoms with E-state index < -0.39 is 5.92 Å². The molecule has 0 aliphatic carbocycles. The molecule has 1 heterocycles. The van der Waals surface area contributed by atoms with Crippen LogP contribution in [0.1, 0.15) is 11.8 Å². The molecule has 4 heteroatoms. The van der Waals surface area contributed by atoms with Crippen molar-refractivity contribution in [2.24, 2.45) is 0 Å². The molecule has 1 unspecified atom stereocenters. The van der Waals surface area contributed by atoms with Gasteiger partial charge in [-0.3, -0.25) is 0 Å². The Balaban J connectivity index is 2.46. The highest BCUT2D eigenvalue weighted by molar-refractivity contribution is 5.74. The molecule has 1 aromatic carbocycles. The van der Waals surface area contributed by atoms with Crippen molar-refractivity contribution in [3.8, 4) is 17.9 Å². The Morgan fingerprint density at radius 1 is 1.44 bits per heavy atom. The number of nitrogens with zero attached hydrogens (tertiary/aromatic N) is 2. The molecule has 2 aromatic rings. The smallest absolute Gasteiger partial charge is 0.218 e. The molecule has 2 rings (SSSR count). The van der Waals surface area contributed by atoms with E-state index in [9.17, 15) is 4.79 Å². The lowest BCUT2D eigenvalue weighted by atomic mass is 10.2. The predicted molar refractivity (Wildman–Crippen MR) is 56.2 cm³/mol. The third-order valence-corrected chi connectivity index (χ3v) is 2.00. The Hall–Kier alpha value is -2.59. The Labute approximate surface area is 91.5 Å². The number of carbonyl (C=O) groups excluding carboxylic acids is 1. The average Bonchev–Trinajstić information content (AvgIpc) is 2.73. The third kappa shape index (κ3) is 1.77. The topological polar surface area (TPSA) is 66.9 Å². The van der Waals surface area contributed by atoms with Crippen molar-refractivity contribution >= 4 is 17.4 Å². The number of fused-ring (bicyclic) bond motifs is 1. The van der Waals surface area contributed by atoms with Gasteiger partial charge in [-0.05, 0) is 12.1 Å². The number of aromatic nitrogens is 1. The second-order valence-electron chi connectivity index (χ2n) is 3.01. The largest absolute Gasteiger partial charge is 0.439 e. The number of benzene rings is 1. The van der Waals surface area contributed by atoms with E-state index in [1.807, 2.05) is 12.1 Å². The fourth-order valence-electron chi connectivity index (χ4n) is 1.29. The van der Waals surface area contributed by atoms with Gasteiger partial charge >= 0.3 is 0 Å². The molecule has 0 N–H and O–H groups in total. The Morgan fingerprint density at radius 3 is 2.94 bits per heavy atom. The van der Waals surface area contributed by atoms with Gasteiger partial charge in [0.05, 0.1) is 0 Å². The van der Waals surface area contributed by atoms with Crippen LogP contribution in [0.4, 0.5) is 0 Å². The van der Waals surface area contributed by atoms with E-state index >= 15 is 0 Å². The predicted octanol–water partition coefficient (Wildman–Crippen LogP) is 1.64. The summed E-state index contributed by atoms with van der Waals surface area (Å²) in [5.74, 6) is 4.06. The lowest BCUT2D eigenvalue weighted by molar-refractivity contribution is -0.108. The molecule has 76 valence electrons. The van der Waals surface area contributed by atoms with Gasteiger partial charge < -0.3 is 9.21 Å². The quantitative estimate of drug-likeness (QED) is 0.558. The summed E-state index contributed by atoms with van der Waals surface area (Å²) in [6.45, 7) is 0. The lowest BCUT2D eigenvalue weighted by Gasteiger charge is -1.92. The Bertz CT molecular complexity index is 592. The minimum atomic E-state index is -0.785. The third-order valence-electron chi connectivity index (χ3n) is 2.00. The van der Waals surface area contributed by atoms with Gasteiger partial charge in [0.2, 0.25) is 5.89 Å². The number of hydrogen-bond donors (Lipinski definition) is 0. The highest BCUT2D eigenvalue weighted by Gasteiger charge is 2.14. The number of nitriles is 1. The molecular formula is C12H6N2O2. The molecule has 4 nitrogen and oxygen atoms in total. The summed E-state index contributed by atoms with van der Waals surface area (Å²) in [4.78, 5) is 14.9. The number of hydrogen-bond acceptors (Lipinski definition) is 4. The van der Waals surface area contributed by atoms with Gasteiger partial charge in [-0.1, -0.05) is 18.1 Å². The molecule has 0 aliphatic heterocycles. The van der Waals surface area contributed by atoms with Crippen molar-refractivity contribution in [1.29, 1.82) is 5.26 Å². The molecule has 0 spiro atoms. The molecule has 0 aliphatic rings. The van der Waals surface area contributed by atoms with E-state index in [0.717, 1.165) is 0 Å². The highest BCUT2D eigenvalue weighted by atomic mass is 16.3. The van der Waals surface area contributed by atoms with Crippen molar-refractivity contribution in [3.05, 3.63) is 30.2 Å². The van der Waals surface area contributed by atoms with E-state index in [0.29, 0.717) is 17.4 Å². The minimum Gasteiger partial charge on any atom is -0.439 e. The van der Waals surface area contributed by atoms with Gasteiger partial charge in [-0.15, -0.1) is 0 Å². The van der Waals surface area contributed by atoms with Crippen LogP contribution < -0.4 is 0 Å². The highest BCUT2D eigenvalue weighted by Crippen LogP contribution is 2.19. The summed E-state index contributed by atoms with van der Waals surface area (Å²) in [6, 6.07) is 8.82. The first-order valence-corrected chi connectivity index (χ1v) is 4.55. The van der Waals surface area contributed by atoms with Crippen LogP contribution in [0.2, 0.25) is 0 Å². The van der Waals surface area contributed by atoms with Crippen LogP contribution in [0.3, 0.4) is 0 Å². The van der Waals surface area contributed by atoms with Crippen molar-refractivity contribution in [1.82, 2.24) is 4.98 Å². The van der Waals surface area contributed by atoms with E-state index in [2.05, 4.69) is 16.8 Å². The van der Waals surface area contributed by atoms with Gasteiger partial charge in [-0.25, -0.2) is 4.98 Å². The monoisotopic (exact) mass is 210 g/mol. The number of rotatable bonds is 2. The van der Waals surface area contributed by atoms with Crippen molar-refractivity contribution in [2.75, 3.05) is 0 Å². The first kappa shape index (κ1) is 9.95. The normalized spacial score (nSPS) is 11.2. The SMILES string of the molecule is N#CC#CC(C=O)c1nc2ccccc2o1. The van der Waals surface area contributed by atoms with Gasteiger partial charge in [0.1, 0.15) is 11.8 Å². The van der Waals surface area contributed by atoms with E-state index in [4.69, 9.17) is 9.68 Å². The molecule has 1 aromatic heterocycles. The zero-order valence-corrected chi connectivity index (χ0v) is 8.18. The van der Waals surface area contributed by atoms with Gasteiger partial charge in [0, 0.05) is 5.92 Å². The van der Waals surface area contributed by atoms with Crippen LogP contribution in [0.5, 0.6) is 0 Å². The molecule has 0 saturated heterocycles. The fraction of sp³-hybridized carbons (Fsp3) is 0.0833. The maximum absolute atomic E-state index is 10.8. The summed E-state index contributed by atoms with van der Waals surface area (Å²) in [5.41, 5.74) is 1.27. The Kier molecular flexibility index (Phi) is 2.67. The molecular weight excluding hydrogens is 204 g/mol. The van der Waals surface area contributed by atoms with Crippen LogP contribution in [-0.4, -0.2) is 11.3 Å². The number of aldehydes is 1. The molecule has 1 atom stereocenters. The molecule has 0 radical (unpaired) electrons. The summed E-state index contributed by atoms with van der Waals surface area (Å²) in [5, 5.41) is 8.31. The molecule has 0 bridgehead atoms. The first-order chi connectivity index (χ1) is 7.85. The van der Waals surface area contributed by atoms with Crippen LogP contribution in [-0.2, 0) is 4.79 Å². The maximum Gasteiger partial charge on any atom is 0.218 e. The number of oxazole rings is 1. The van der Waals surface area contributed by atoms with Crippen LogP contribution in [0.15, 0.2) is 28.7 Å². The molecule has 0 saturated carbocycles. The first-order valence-electron chi connectivity index (χ1n) is 4.55. The molecule has 0 fully saturated rings. The molecule has 0 amide bonds. The standard InChI is InChI=1S/C12H6N2O2/c13-7-3-4-9(8-15)12-14-10-5-1-2-6-11(10)16-12/h1-2,5-6,8-9H. The van der Waals surface area contributed by atoms with Crippen molar-refractivity contribution in [2.45, 2.75) is 5.92 Å². The summed E-state index contributed by atoms with van der Waals surface area (Å²) in [7, 11) is 0. The van der Waals surface area contributed by atoms with Crippen molar-refractivity contribution in [3.63, 3.8) is 0 Å². The van der Waals surface area contributed by atoms with E-state index in [1.165, 1.54) is 0 Å². The van der Waals surface area contributed by atoms with Crippen LogP contribution in [0.25, 0.3) is 11.1 Å². The summed E-state index contributed by atoms with van der Waals surface area (Å²) >= 11 is 0. The average molecular weight is 210 g/mol. The van der Waals surface area contributed by atoms with E-state index in [-0.39, 0.29) is 5.89 Å². The van der Waals surface area contributed by atoms with Crippen molar-refractivity contribution < 1.29 is 9.21 Å². The number of carbonyl (C=O) groups is 1. The van der Waals surface area contributed by atoms with E-state index in [1.54, 1.807) is 18.2 Å². The van der Waals surface area contributed by atoms with Crippen LogP contribution >= 0.6 is 0 Å². The summed E-state index contributed by atoms with van der Waals surface area (Å²) in [6.07, 6.45) is 0.606. The van der Waals surface area contributed by atoms with Gasteiger partial charge in [0.25, 0.3) is 0 Å². The minimum absolute atomic E-state index is 0.221. The van der Waals surface area contributed by atoms with Gasteiger partial charge in [0.15, 0.2) is 17.6 Å². The lowest BCUT2D eigenvalue weighted by Crippen LogP contribution is -1.96. The molecule has 16 heavy (non-hydrogen) atoms. The number of para-hydroxylation sites is 2. The maximum atomic E-state index is 10.8. The second-order valence-corrected chi connectivity index (χ2v) is 3.01. The summed E-state index contributed by atoms with van der Waals surface area (Å²) < 4.78 is 5.36. The van der Waals surface area contributed by atoms with Gasteiger partial charge in [-0.2, -0.15) is 5.26 Å². The zero-order chi connectivity index (χ0) is 11.4. The fourth-order valence-corrected chi connectivity index (χ4v) is 1.29. The van der Waals surface area contributed by atoms with Crippen LogP contribution in [0, 0.1) is 23.2 Å². The zero-order valence-electron chi connectivity index (χ0n) is 8.18. The second kappa shape index (κ2) is 4.29. The Morgan fingerprint density at radius 2 is 2.25 bits per heavy atom.